The van der Waals surface area contributed by atoms with Crippen LogP contribution in [0.1, 0.15) is 64.2 Å². The fourth-order valence-electron chi connectivity index (χ4n) is 2.06. The summed E-state index contributed by atoms with van der Waals surface area (Å²) in [5.74, 6) is 0. The van der Waals surface area contributed by atoms with E-state index in [-0.39, 0.29) is 0 Å². The average Bonchev–Trinajstić information content (AvgIpc) is 2.63. The highest BCUT2D eigenvalue weighted by Gasteiger charge is 1.91. The topological polar surface area (TPSA) is 27.7 Å². The van der Waals surface area contributed by atoms with Crippen LogP contribution < -0.4 is 0 Å². The quantitative estimate of drug-likeness (QED) is 0.0521. The third-order valence-corrected chi connectivity index (χ3v) is 5.02. The predicted octanol–water partition coefficient (Wildman–Crippen LogP) is 6.83. The zero-order valence-corrected chi connectivity index (χ0v) is 19.9. The lowest BCUT2D eigenvalue weighted by atomic mass is 10.2. The largest absolute Gasteiger partial charge is 0.355 e. The van der Waals surface area contributed by atoms with Crippen molar-refractivity contribution in [3.8, 4) is 0 Å². The van der Waals surface area contributed by atoms with Crippen LogP contribution >= 0.6 is 45.2 Å². The Morgan fingerprint density at radius 3 is 1.28 bits per heavy atom. The molecule has 148 valence electrons. The highest BCUT2D eigenvalue weighted by Crippen LogP contribution is 2.02. The van der Waals surface area contributed by atoms with E-state index in [1.807, 2.05) is 0 Å². The van der Waals surface area contributed by atoms with Gasteiger partial charge < -0.3 is 14.2 Å². The van der Waals surface area contributed by atoms with Crippen molar-refractivity contribution in [3.05, 3.63) is 24.3 Å². The van der Waals surface area contributed by atoms with Gasteiger partial charge in [0.15, 0.2) is 0 Å². The summed E-state index contributed by atoms with van der Waals surface area (Å²) in [4.78, 5) is 0. The maximum absolute atomic E-state index is 5.42. The van der Waals surface area contributed by atoms with E-state index in [9.17, 15) is 0 Å². The molecule has 0 spiro atoms. The molecular weight excluding hydrogens is 542 g/mol. The number of rotatable bonds is 20. The van der Waals surface area contributed by atoms with Crippen molar-refractivity contribution < 1.29 is 14.2 Å². The van der Waals surface area contributed by atoms with E-state index >= 15 is 0 Å². The molecule has 0 unspecified atom stereocenters. The Kier molecular flexibility index (Phi) is 25.6. The highest BCUT2D eigenvalue weighted by atomic mass is 127. The Hall–Kier alpha value is 0.820. The first-order valence-corrected chi connectivity index (χ1v) is 12.6. The van der Waals surface area contributed by atoms with Gasteiger partial charge in [-0.2, -0.15) is 0 Å². The van der Waals surface area contributed by atoms with Crippen molar-refractivity contribution in [3.63, 3.8) is 0 Å². The van der Waals surface area contributed by atoms with Crippen LogP contribution in [-0.4, -0.2) is 35.7 Å². The Morgan fingerprint density at radius 2 is 0.880 bits per heavy atom. The van der Waals surface area contributed by atoms with E-state index in [0.29, 0.717) is 13.6 Å². The molecule has 5 heteroatoms. The Morgan fingerprint density at radius 1 is 0.480 bits per heavy atom. The molecule has 3 nitrogen and oxygen atoms in total. The fraction of sp³-hybridized carbons (Fsp3) is 0.800. The van der Waals surface area contributed by atoms with E-state index < -0.39 is 0 Å². The molecule has 0 N–H and O–H groups in total. The van der Waals surface area contributed by atoms with E-state index in [4.69, 9.17) is 14.2 Å². The molecule has 0 fully saturated rings. The molecule has 0 atom stereocenters. The second-order valence-electron chi connectivity index (χ2n) is 5.85. The number of ether oxygens (including phenoxy) is 3. The van der Waals surface area contributed by atoms with Gasteiger partial charge in [0.05, 0.1) is 0 Å². The maximum atomic E-state index is 5.42. The molecule has 0 aromatic heterocycles. The molecule has 0 aliphatic heterocycles. The van der Waals surface area contributed by atoms with Crippen LogP contribution in [0, 0.1) is 0 Å². The standard InChI is InChI=1S/C20H36I2O3/c21-15-11-7-3-1-5-9-13-17-23-19-25-20-24-18-14-10-6-2-4-8-12-16-22/h1-2,5-6H,3-4,7-20H2. The van der Waals surface area contributed by atoms with Crippen molar-refractivity contribution in [1.82, 2.24) is 0 Å². The van der Waals surface area contributed by atoms with Gasteiger partial charge in [0.25, 0.3) is 0 Å². The van der Waals surface area contributed by atoms with Gasteiger partial charge in [0.1, 0.15) is 13.6 Å². The third-order valence-electron chi connectivity index (χ3n) is 3.49. The van der Waals surface area contributed by atoms with Crippen LogP contribution in [0.3, 0.4) is 0 Å². The molecule has 25 heavy (non-hydrogen) atoms. The van der Waals surface area contributed by atoms with E-state index in [1.54, 1.807) is 0 Å². The van der Waals surface area contributed by atoms with Gasteiger partial charge >= 0.3 is 0 Å². The van der Waals surface area contributed by atoms with E-state index in [1.165, 1.54) is 47.4 Å². The minimum Gasteiger partial charge on any atom is -0.355 e. The predicted molar refractivity (Wildman–Crippen MR) is 125 cm³/mol. The minimum absolute atomic E-state index is 0.329. The molecule has 0 amide bonds. The monoisotopic (exact) mass is 578 g/mol. The molecule has 0 heterocycles. The Bertz CT molecular complexity index is 269. The molecule has 0 radical (unpaired) electrons. The molecule has 0 rings (SSSR count). The number of hydrogen-bond acceptors (Lipinski definition) is 3. The first kappa shape index (κ1) is 25.8. The second-order valence-corrected chi connectivity index (χ2v) is 8.01. The van der Waals surface area contributed by atoms with E-state index in [2.05, 4.69) is 69.5 Å². The zero-order valence-electron chi connectivity index (χ0n) is 15.6. The molecular formula is C20H36I2O3. The van der Waals surface area contributed by atoms with E-state index in [0.717, 1.165) is 38.9 Å². The SMILES string of the molecule is ICCCCC=CCCCOCOCOCCCC=CCCCCI. The van der Waals surface area contributed by atoms with Crippen LogP contribution in [0.15, 0.2) is 24.3 Å². The number of allylic oxidation sites excluding steroid dienone is 4. The van der Waals surface area contributed by atoms with Crippen LogP contribution in [-0.2, 0) is 14.2 Å². The van der Waals surface area contributed by atoms with Crippen LogP contribution in [0.4, 0.5) is 0 Å². The van der Waals surface area contributed by atoms with Crippen LogP contribution in [0.5, 0.6) is 0 Å². The highest BCUT2D eigenvalue weighted by molar-refractivity contribution is 14.1. The van der Waals surface area contributed by atoms with Gasteiger partial charge in [0.2, 0.25) is 0 Å². The summed E-state index contributed by atoms with van der Waals surface area (Å²) < 4.78 is 18.7. The van der Waals surface area contributed by atoms with Gasteiger partial charge in [-0.1, -0.05) is 69.5 Å². The van der Waals surface area contributed by atoms with Crippen molar-refractivity contribution in [2.75, 3.05) is 35.7 Å². The van der Waals surface area contributed by atoms with Crippen LogP contribution in [0.2, 0.25) is 0 Å². The minimum atomic E-state index is 0.329. The van der Waals surface area contributed by atoms with Crippen molar-refractivity contribution >= 4 is 45.2 Å². The first-order valence-electron chi connectivity index (χ1n) is 9.57. The number of unbranched alkanes of at least 4 members (excludes halogenated alkanes) is 6. The summed E-state index contributed by atoms with van der Waals surface area (Å²) in [6, 6.07) is 0. The lowest BCUT2D eigenvalue weighted by molar-refractivity contribution is -0.131. The molecule has 0 saturated carbocycles. The van der Waals surface area contributed by atoms with Gasteiger partial charge in [-0.05, 0) is 73.1 Å². The summed E-state index contributed by atoms with van der Waals surface area (Å²) in [6.07, 6.45) is 21.1. The average molecular weight is 578 g/mol. The van der Waals surface area contributed by atoms with Gasteiger partial charge in [-0.25, -0.2) is 0 Å². The molecule has 0 aliphatic carbocycles. The van der Waals surface area contributed by atoms with Crippen molar-refractivity contribution in [2.24, 2.45) is 0 Å². The molecule has 0 aliphatic rings. The summed E-state index contributed by atoms with van der Waals surface area (Å²) in [5, 5.41) is 0. The summed E-state index contributed by atoms with van der Waals surface area (Å²) >= 11 is 4.86. The lowest BCUT2D eigenvalue weighted by Crippen LogP contribution is -2.06. The fourth-order valence-corrected chi connectivity index (χ4v) is 3.14. The number of halogens is 2. The smallest absolute Gasteiger partial charge is 0.149 e. The zero-order chi connectivity index (χ0) is 18.3. The Labute approximate surface area is 182 Å². The van der Waals surface area contributed by atoms with Crippen molar-refractivity contribution in [2.45, 2.75) is 64.2 Å². The number of alkyl halides is 2. The third kappa shape index (κ3) is 24.8. The maximum Gasteiger partial charge on any atom is 0.149 e. The van der Waals surface area contributed by atoms with Gasteiger partial charge in [-0.3, -0.25) is 0 Å². The molecule has 0 bridgehead atoms. The first-order chi connectivity index (χ1) is 12.4. The Balaban J connectivity index is 3.07. The molecule has 0 aromatic rings. The summed E-state index contributed by atoms with van der Waals surface area (Å²) in [6.45, 7) is 2.16. The number of hydrogen-bond donors (Lipinski definition) is 0. The summed E-state index contributed by atoms with van der Waals surface area (Å²) in [7, 11) is 0. The molecule has 0 saturated heterocycles. The van der Waals surface area contributed by atoms with Crippen LogP contribution in [0.25, 0.3) is 0 Å². The van der Waals surface area contributed by atoms with Gasteiger partial charge in [-0.15, -0.1) is 0 Å². The van der Waals surface area contributed by atoms with Crippen molar-refractivity contribution in [1.29, 1.82) is 0 Å². The summed E-state index contributed by atoms with van der Waals surface area (Å²) in [5.41, 5.74) is 0. The molecule has 0 aromatic carbocycles. The normalized spacial score (nSPS) is 11.9. The lowest BCUT2D eigenvalue weighted by Gasteiger charge is -2.06. The van der Waals surface area contributed by atoms with Gasteiger partial charge in [0, 0.05) is 13.2 Å². The second kappa shape index (κ2) is 24.8.